The fourth-order valence-corrected chi connectivity index (χ4v) is 2.15. The predicted molar refractivity (Wildman–Crippen MR) is 71.0 cm³/mol. The Balaban J connectivity index is 2.12. The summed E-state index contributed by atoms with van der Waals surface area (Å²) in [5.74, 6) is -0.799. The Bertz CT molecular complexity index is 509. The second kappa shape index (κ2) is 4.99. The van der Waals surface area contributed by atoms with Crippen LogP contribution in [0, 0.1) is 12.3 Å². The van der Waals surface area contributed by atoms with Gasteiger partial charge in [0, 0.05) is 5.69 Å². The van der Waals surface area contributed by atoms with Crippen LogP contribution in [0.5, 0.6) is 0 Å². The smallest absolute Gasteiger partial charge is 0.236 e. The zero-order valence-electron chi connectivity index (χ0n) is 11.3. The van der Waals surface area contributed by atoms with Crippen molar-refractivity contribution in [3.8, 4) is 0 Å². The van der Waals surface area contributed by atoms with Crippen molar-refractivity contribution in [1.82, 2.24) is 10.3 Å². The van der Waals surface area contributed by atoms with Crippen molar-refractivity contribution in [2.24, 2.45) is 11.1 Å². The first-order valence-electron chi connectivity index (χ1n) is 6.54. The summed E-state index contributed by atoms with van der Waals surface area (Å²) in [5, 5.41) is 2.89. The van der Waals surface area contributed by atoms with E-state index in [0.717, 1.165) is 17.8 Å². The minimum Gasteiger partial charge on any atom is -0.369 e. The second-order valence-electron chi connectivity index (χ2n) is 5.08. The van der Waals surface area contributed by atoms with Crippen LogP contribution in [0.25, 0.3) is 0 Å². The molecule has 0 unspecified atom stereocenters. The normalized spacial score (nSPS) is 17.6. The van der Waals surface area contributed by atoms with E-state index in [4.69, 9.17) is 5.73 Å². The number of carbonyl (C=O) groups is 2. The van der Waals surface area contributed by atoms with Gasteiger partial charge in [-0.1, -0.05) is 13.0 Å². The summed E-state index contributed by atoms with van der Waals surface area (Å²) in [4.78, 5) is 27.9. The van der Waals surface area contributed by atoms with Gasteiger partial charge in [-0.05, 0) is 38.3 Å². The minimum absolute atomic E-state index is 0.177. The highest BCUT2D eigenvalue weighted by molar-refractivity contribution is 6.07. The number of aromatic nitrogens is 1. The zero-order chi connectivity index (χ0) is 14.0. The monoisotopic (exact) mass is 261 g/mol. The number of primary amides is 1. The predicted octanol–water partition coefficient (Wildman–Crippen LogP) is 1.22. The molecule has 1 aromatic rings. The standard InChI is InChI=1S/C14H19N3O2/c1-3-10(11-6-4-5-9(2)16-11)17-13(19)14(7-8-14)12(15)18/h4-6,10H,3,7-8H2,1-2H3,(H2,15,18)(H,17,19)/t10-/m0/s1. The maximum Gasteiger partial charge on any atom is 0.236 e. The first kappa shape index (κ1) is 13.5. The van der Waals surface area contributed by atoms with Gasteiger partial charge in [-0.2, -0.15) is 0 Å². The van der Waals surface area contributed by atoms with Crippen LogP contribution in [0.1, 0.15) is 43.6 Å². The lowest BCUT2D eigenvalue weighted by Crippen LogP contribution is -2.42. The van der Waals surface area contributed by atoms with Crippen LogP contribution < -0.4 is 11.1 Å². The van der Waals surface area contributed by atoms with Crippen molar-refractivity contribution in [3.63, 3.8) is 0 Å². The molecular formula is C14H19N3O2. The van der Waals surface area contributed by atoms with Gasteiger partial charge in [0.05, 0.1) is 11.7 Å². The molecule has 19 heavy (non-hydrogen) atoms. The lowest BCUT2D eigenvalue weighted by atomic mass is 10.0. The average Bonchev–Trinajstić information content (AvgIpc) is 3.17. The molecule has 3 N–H and O–H groups in total. The lowest BCUT2D eigenvalue weighted by molar-refractivity contribution is -0.135. The van der Waals surface area contributed by atoms with Gasteiger partial charge in [-0.15, -0.1) is 0 Å². The number of aryl methyl sites for hydroxylation is 1. The SMILES string of the molecule is CC[C@H](NC(=O)C1(C(N)=O)CC1)c1cccc(C)n1. The maximum atomic E-state index is 12.2. The Hall–Kier alpha value is -1.91. The van der Waals surface area contributed by atoms with E-state index in [-0.39, 0.29) is 11.9 Å². The van der Waals surface area contributed by atoms with E-state index in [2.05, 4.69) is 10.3 Å². The van der Waals surface area contributed by atoms with Crippen molar-refractivity contribution in [3.05, 3.63) is 29.6 Å². The number of hydrogen-bond acceptors (Lipinski definition) is 3. The maximum absolute atomic E-state index is 12.2. The molecule has 1 atom stereocenters. The highest BCUT2D eigenvalue weighted by Gasteiger charge is 2.55. The van der Waals surface area contributed by atoms with Crippen LogP contribution in [-0.2, 0) is 9.59 Å². The summed E-state index contributed by atoms with van der Waals surface area (Å²) in [6.07, 6.45) is 1.81. The second-order valence-corrected chi connectivity index (χ2v) is 5.08. The summed E-state index contributed by atoms with van der Waals surface area (Å²) >= 11 is 0. The summed E-state index contributed by atoms with van der Waals surface area (Å²) in [6, 6.07) is 5.52. The highest BCUT2D eigenvalue weighted by atomic mass is 16.2. The molecule has 0 aliphatic heterocycles. The Morgan fingerprint density at radius 1 is 1.47 bits per heavy atom. The van der Waals surface area contributed by atoms with Crippen LogP contribution in [0.2, 0.25) is 0 Å². The first-order valence-corrected chi connectivity index (χ1v) is 6.54. The number of hydrogen-bond donors (Lipinski definition) is 2. The van der Waals surface area contributed by atoms with Crippen LogP contribution >= 0.6 is 0 Å². The van der Waals surface area contributed by atoms with E-state index < -0.39 is 11.3 Å². The number of carbonyl (C=O) groups excluding carboxylic acids is 2. The molecule has 1 aromatic heterocycles. The fourth-order valence-electron chi connectivity index (χ4n) is 2.15. The molecule has 0 spiro atoms. The van der Waals surface area contributed by atoms with Crippen molar-refractivity contribution in [2.45, 2.75) is 39.2 Å². The molecule has 5 heteroatoms. The molecule has 2 rings (SSSR count). The number of nitrogens with one attached hydrogen (secondary N) is 1. The average molecular weight is 261 g/mol. The Morgan fingerprint density at radius 3 is 2.63 bits per heavy atom. The third kappa shape index (κ3) is 2.59. The van der Waals surface area contributed by atoms with Gasteiger partial charge in [0.1, 0.15) is 5.41 Å². The molecule has 1 fully saturated rings. The minimum atomic E-state index is -0.975. The van der Waals surface area contributed by atoms with Gasteiger partial charge in [-0.3, -0.25) is 14.6 Å². The number of nitrogens with two attached hydrogens (primary N) is 1. The van der Waals surface area contributed by atoms with Gasteiger partial charge in [-0.25, -0.2) is 0 Å². The molecule has 0 radical (unpaired) electrons. The molecule has 2 amide bonds. The summed E-state index contributed by atoms with van der Waals surface area (Å²) < 4.78 is 0. The fraction of sp³-hybridized carbons (Fsp3) is 0.500. The molecule has 1 heterocycles. The van der Waals surface area contributed by atoms with Gasteiger partial charge in [0.15, 0.2) is 0 Å². The van der Waals surface area contributed by atoms with Gasteiger partial charge in [0.2, 0.25) is 11.8 Å². The van der Waals surface area contributed by atoms with Gasteiger partial charge in [0.25, 0.3) is 0 Å². The Morgan fingerprint density at radius 2 is 2.16 bits per heavy atom. The highest BCUT2D eigenvalue weighted by Crippen LogP contribution is 2.45. The van der Waals surface area contributed by atoms with Crippen molar-refractivity contribution >= 4 is 11.8 Å². The summed E-state index contributed by atoms with van der Waals surface area (Å²) in [5.41, 5.74) is 6.04. The van der Waals surface area contributed by atoms with Crippen LogP contribution in [0.15, 0.2) is 18.2 Å². The molecule has 1 saturated carbocycles. The first-order chi connectivity index (χ1) is 8.99. The molecule has 102 valence electrons. The molecule has 0 saturated heterocycles. The van der Waals surface area contributed by atoms with E-state index in [1.807, 2.05) is 32.0 Å². The van der Waals surface area contributed by atoms with Gasteiger partial charge < -0.3 is 11.1 Å². The van der Waals surface area contributed by atoms with Crippen LogP contribution in [0.4, 0.5) is 0 Å². The molecular weight excluding hydrogens is 242 g/mol. The van der Waals surface area contributed by atoms with Crippen molar-refractivity contribution in [2.75, 3.05) is 0 Å². The van der Waals surface area contributed by atoms with Crippen molar-refractivity contribution in [1.29, 1.82) is 0 Å². The third-order valence-corrected chi connectivity index (χ3v) is 3.64. The van der Waals surface area contributed by atoms with Gasteiger partial charge >= 0.3 is 0 Å². The summed E-state index contributed by atoms with van der Waals surface area (Å²) in [7, 11) is 0. The summed E-state index contributed by atoms with van der Waals surface area (Å²) in [6.45, 7) is 3.88. The third-order valence-electron chi connectivity index (χ3n) is 3.64. The quantitative estimate of drug-likeness (QED) is 0.781. The molecule has 1 aliphatic rings. The number of rotatable bonds is 5. The van der Waals surface area contributed by atoms with E-state index in [0.29, 0.717) is 12.8 Å². The van der Waals surface area contributed by atoms with E-state index in [1.54, 1.807) is 0 Å². The number of nitrogens with zero attached hydrogens (tertiary/aromatic N) is 1. The van der Waals surface area contributed by atoms with E-state index in [9.17, 15) is 9.59 Å². The Kier molecular flexibility index (Phi) is 3.55. The topological polar surface area (TPSA) is 85.1 Å². The molecule has 0 aromatic carbocycles. The van der Waals surface area contributed by atoms with Crippen LogP contribution in [0.3, 0.4) is 0 Å². The Labute approximate surface area is 112 Å². The van der Waals surface area contributed by atoms with Crippen molar-refractivity contribution < 1.29 is 9.59 Å². The van der Waals surface area contributed by atoms with E-state index >= 15 is 0 Å². The largest absolute Gasteiger partial charge is 0.369 e. The lowest BCUT2D eigenvalue weighted by Gasteiger charge is -2.19. The van der Waals surface area contributed by atoms with E-state index in [1.165, 1.54) is 0 Å². The zero-order valence-corrected chi connectivity index (χ0v) is 11.3. The van der Waals surface area contributed by atoms with Crippen LogP contribution in [-0.4, -0.2) is 16.8 Å². The molecule has 5 nitrogen and oxygen atoms in total. The number of pyridine rings is 1. The molecule has 0 bridgehead atoms. The number of amides is 2. The molecule has 1 aliphatic carbocycles.